The number of rotatable bonds is 4. The van der Waals surface area contributed by atoms with Gasteiger partial charge < -0.3 is 15.4 Å². The number of halogens is 1. The van der Waals surface area contributed by atoms with E-state index in [2.05, 4.69) is 15.6 Å². The standard InChI is InChI=1S/C14H18FN3O2/c1-16-13-10(6-9(15)7-17-13)14(19)18-11-4-5-20-12(11)8-2-3-8/h6-8,11-12H,2-5H2,1H3,(H,16,17)(H,18,19). The highest BCUT2D eigenvalue weighted by Gasteiger charge is 2.41. The fraction of sp³-hybridized carbons (Fsp3) is 0.571. The minimum absolute atomic E-state index is 0.0166. The van der Waals surface area contributed by atoms with Gasteiger partial charge in [-0.1, -0.05) is 0 Å². The van der Waals surface area contributed by atoms with Gasteiger partial charge in [0.1, 0.15) is 11.6 Å². The topological polar surface area (TPSA) is 63.2 Å². The van der Waals surface area contributed by atoms with E-state index >= 15 is 0 Å². The summed E-state index contributed by atoms with van der Waals surface area (Å²) in [6, 6.07) is 1.22. The van der Waals surface area contributed by atoms with Crippen LogP contribution in [0.1, 0.15) is 29.6 Å². The minimum atomic E-state index is -0.518. The van der Waals surface area contributed by atoms with E-state index in [9.17, 15) is 9.18 Å². The molecule has 2 fully saturated rings. The van der Waals surface area contributed by atoms with Crippen molar-refractivity contribution in [2.45, 2.75) is 31.4 Å². The first-order valence-corrected chi connectivity index (χ1v) is 6.95. The number of ether oxygens (including phenoxy) is 1. The Labute approximate surface area is 116 Å². The van der Waals surface area contributed by atoms with Crippen LogP contribution in [-0.4, -0.2) is 36.7 Å². The maximum absolute atomic E-state index is 13.3. The lowest BCUT2D eigenvalue weighted by atomic mass is 10.1. The fourth-order valence-corrected chi connectivity index (χ4v) is 2.71. The Morgan fingerprint density at radius 3 is 2.95 bits per heavy atom. The maximum atomic E-state index is 13.3. The summed E-state index contributed by atoms with van der Waals surface area (Å²) in [5, 5.41) is 5.76. The molecule has 5 nitrogen and oxygen atoms in total. The lowest BCUT2D eigenvalue weighted by molar-refractivity contribution is 0.0729. The number of pyridine rings is 1. The number of nitrogens with one attached hydrogen (secondary N) is 2. The van der Waals surface area contributed by atoms with Gasteiger partial charge in [-0.2, -0.15) is 0 Å². The number of carbonyl (C=O) groups excluding carboxylic acids is 1. The Bertz CT molecular complexity index is 519. The van der Waals surface area contributed by atoms with Crippen molar-refractivity contribution in [1.29, 1.82) is 0 Å². The van der Waals surface area contributed by atoms with Crippen LogP contribution < -0.4 is 10.6 Å². The number of hydrogen-bond donors (Lipinski definition) is 2. The number of nitrogens with zero attached hydrogens (tertiary/aromatic N) is 1. The van der Waals surface area contributed by atoms with Crippen LogP contribution in [-0.2, 0) is 4.74 Å². The molecule has 1 amide bonds. The number of carbonyl (C=O) groups is 1. The molecule has 1 aromatic rings. The Morgan fingerprint density at radius 2 is 2.25 bits per heavy atom. The lowest BCUT2D eigenvalue weighted by Gasteiger charge is -2.20. The summed E-state index contributed by atoms with van der Waals surface area (Å²) in [7, 11) is 1.66. The van der Waals surface area contributed by atoms with Gasteiger partial charge in [-0.25, -0.2) is 9.37 Å². The molecule has 0 aromatic carbocycles. The van der Waals surface area contributed by atoms with Crippen molar-refractivity contribution in [2.24, 2.45) is 5.92 Å². The monoisotopic (exact) mass is 279 g/mol. The zero-order chi connectivity index (χ0) is 14.1. The summed E-state index contributed by atoms with van der Waals surface area (Å²) >= 11 is 0. The maximum Gasteiger partial charge on any atom is 0.255 e. The second-order valence-electron chi connectivity index (χ2n) is 5.34. The van der Waals surface area contributed by atoms with Crippen molar-refractivity contribution in [2.75, 3.05) is 19.0 Å². The molecule has 1 aliphatic carbocycles. The smallest absolute Gasteiger partial charge is 0.255 e. The van der Waals surface area contributed by atoms with Gasteiger partial charge in [0.15, 0.2) is 0 Å². The summed E-state index contributed by atoms with van der Waals surface area (Å²) in [6.45, 7) is 0.673. The third kappa shape index (κ3) is 2.60. The van der Waals surface area contributed by atoms with Gasteiger partial charge in [0.25, 0.3) is 5.91 Å². The largest absolute Gasteiger partial charge is 0.376 e. The van der Waals surface area contributed by atoms with E-state index in [1.54, 1.807) is 7.05 Å². The first-order chi connectivity index (χ1) is 9.69. The van der Waals surface area contributed by atoms with Gasteiger partial charge in [-0.3, -0.25) is 4.79 Å². The quantitative estimate of drug-likeness (QED) is 0.878. The number of aromatic nitrogens is 1. The molecule has 1 aliphatic heterocycles. The fourth-order valence-electron chi connectivity index (χ4n) is 2.71. The Morgan fingerprint density at radius 1 is 1.45 bits per heavy atom. The molecule has 2 atom stereocenters. The molecule has 2 unspecified atom stereocenters. The summed E-state index contributed by atoms with van der Waals surface area (Å²) < 4.78 is 19.0. The van der Waals surface area contributed by atoms with Crippen LogP contribution in [0.15, 0.2) is 12.3 Å². The van der Waals surface area contributed by atoms with Gasteiger partial charge >= 0.3 is 0 Å². The summed E-state index contributed by atoms with van der Waals surface area (Å²) in [4.78, 5) is 16.2. The third-order valence-corrected chi connectivity index (χ3v) is 3.87. The van der Waals surface area contributed by atoms with Crippen LogP contribution >= 0.6 is 0 Å². The van der Waals surface area contributed by atoms with E-state index in [-0.39, 0.29) is 23.6 Å². The normalized spacial score (nSPS) is 25.5. The molecule has 108 valence electrons. The van der Waals surface area contributed by atoms with Crippen molar-refractivity contribution in [3.63, 3.8) is 0 Å². The van der Waals surface area contributed by atoms with Gasteiger partial charge in [0.05, 0.1) is 23.9 Å². The van der Waals surface area contributed by atoms with E-state index in [1.807, 2.05) is 0 Å². The number of anilines is 1. The van der Waals surface area contributed by atoms with Gasteiger partial charge in [-0.15, -0.1) is 0 Å². The number of hydrogen-bond acceptors (Lipinski definition) is 4. The van der Waals surface area contributed by atoms with Crippen LogP contribution in [0.25, 0.3) is 0 Å². The molecule has 6 heteroatoms. The first kappa shape index (κ1) is 13.3. The molecule has 0 radical (unpaired) electrons. The van der Waals surface area contributed by atoms with Crippen molar-refractivity contribution in [3.8, 4) is 0 Å². The van der Waals surface area contributed by atoms with Gasteiger partial charge in [0, 0.05) is 13.7 Å². The van der Waals surface area contributed by atoms with Crippen molar-refractivity contribution in [3.05, 3.63) is 23.6 Å². The SMILES string of the molecule is CNc1ncc(F)cc1C(=O)NC1CCOC1C1CC1. The van der Waals surface area contributed by atoms with E-state index in [0.29, 0.717) is 18.3 Å². The second kappa shape index (κ2) is 5.36. The Balaban J connectivity index is 1.74. The minimum Gasteiger partial charge on any atom is -0.376 e. The molecule has 2 aliphatic rings. The third-order valence-electron chi connectivity index (χ3n) is 3.87. The predicted molar refractivity (Wildman–Crippen MR) is 72.1 cm³/mol. The molecule has 1 saturated heterocycles. The summed E-state index contributed by atoms with van der Waals surface area (Å²) in [5.41, 5.74) is 0.231. The molecule has 0 bridgehead atoms. The average Bonchev–Trinajstić information content (AvgIpc) is 3.19. The van der Waals surface area contributed by atoms with E-state index < -0.39 is 5.82 Å². The molecular weight excluding hydrogens is 261 g/mol. The average molecular weight is 279 g/mol. The molecule has 1 aromatic heterocycles. The zero-order valence-corrected chi connectivity index (χ0v) is 11.4. The van der Waals surface area contributed by atoms with E-state index in [4.69, 9.17) is 4.74 Å². The van der Waals surface area contributed by atoms with E-state index in [1.165, 1.54) is 18.9 Å². The molecule has 2 heterocycles. The van der Waals surface area contributed by atoms with Crippen LogP contribution in [0.3, 0.4) is 0 Å². The molecular formula is C14H18FN3O2. The van der Waals surface area contributed by atoms with Gasteiger partial charge in [0.2, 0.25) is 0 Å². The number of amides is 1. The first-order valence-electron chi connectivity index (χ1n) is 6.95. The van der Waals surface area contributed by atoms with Crippen molar-refractivity contribution in [1.82, 2.24) is 10.3 Å². The predicted octanol–water partition coefficient (Wildman–Crippen LogP) is 1.56. The van der Waals surface area contributed by atoms with E-state index in [0.717, 1.165) is 12.6 Å². The Kier molecular flexibility index (Phi) is 3.56. The molecule has 1 saturated carbocycles. The highest BCUT2D eigenvalue weighted by atomic mass is 19.1. The van der Waals surface area contributed by atoms with Crippen molar-refractivity contribution < 1.29 is 13.9 Å². The Hall–Kier alpha value is -1.69. The molecule has 0 spiro atoms. The lowest BCUT2D eigenvalue weighted by Crippen LogP contribution is -2.41. The molecule has 3 rings (SSSR count). The van der Waals surface area contributed by atoms with Crippen molar-refractivity contribution >= 4 is 11.7 Å². The van der Waals surface area contributed by atoms with Crippen LogP contribution in [0.2, 0.25) is 0 Å². The zero-order valence-electron chi connectivity index (χ0n) is 11.4. The van der Waals surface area contributed by atoms with Crippen LogP contribution in [0.5, 0.6) is 0 Å². The molecule has 20 heavy (non-hydrogen) atoms. The van der Waals surface area contributed by atoms with Gasteiger partial charge in [-0.05, 0) is 31.2 Å². The highest BCUT2D eigenvalue weighted by Crippen LogP contribution is 2.38. The van der Waals surface area contributed by atoms with Crippen LogP contribution in [0, 0.1) is 11.7 Å². The summed E-state index contributed by atoms with van der Waals surface area (Å²) in [6.07, 6.45) is 4.35. The second-order valence-corrected chi connectivity index (χ2v) is 5.34. The summed E-state index contributed by atoms with van der Waals surface area (Å²) in [5.74, 6) is 0.126. The molecule has 2 N–H and O–H groups in total. The highest BCUT2D eigenvalue weighted by molar-refractivity contribution is 5.98. The van der Waals surface area contributed by atoms with Crippen LogP contribution in [0.4, 0.5) is 10.2 Å².